The van der Waals surface area contributed by atoms with Crippen molar-refractivity contribution in [1.82, 2.24) is 4.72 Å². The summed E-state index contributed by atoms with van der Waals surface area (Å²) in [6.45, 7) is 3.83. The molecule has 2 fully saturated rings. The van der Waals surface area contributed by atoms with Crippen molar-refractivity contribution >= 4 is 39.2 Å². The largest absolute Gasteiger partial charge is 0.490 e. The zero-order chi connectivity index (χ0) is 32.1. The van der Waals surface area contributed by atoms with Crippen LogP contribution < -0.4 is 14.4 Å². The highest BCUT2D eigenvalue weighted by Gasteiger charge is 2.45. The van der Waals surface area contributed by atoms with Gasteiger partial charge in [-0.3, -0.25) is 4.79 Å². The van der Waals surface area contributed by atoms with Crippen LogP contribution in [0.25, 0.3) is 0 Å². The molecule has 0 radical (unpaired) electrons. The minimum absolute atomic E-state index is 0.172. The first-order valence-electron chi connectivity index (χ1n) is 16.5. The van der Waals surface area contributed by atoms with Gasteiger partial charge in [-0.25, -0.2) is 17.9 Å². The number of anilines is 1. The summed E-state index contributed by atoms with van der Waals surface area (Å²) in [4.78, 5) is 28.1. The van der Waals surface area contributed by atoms with Gasteiger partial charge in [-0.2, -0.15) is 0 Å². The first-order valence-corrected chi connectivity index (χ1v) is 18.4. The molecule has 9 nitrogen and oxygen atoms in total. The molecule has 0 aromatic heterocycles. The molecule has 2 aliphatic carbocycles. The number of cyclic esters (lactones) is 1. The molecule has 1 spiro atoms. The molecule has 246 valence electrons. The minimum atomic E-state index is -3.92. The summed E-state index contributed by atoms with van der Waals surface area (Å²) in [5.74, 6) is 0.145. The average molecular weight is 669 g/mol. The monoisotopic (exact) mass is 668 g/mol. The second kappa shape index (κ2) is 12.5. The van der Waals surface area contributed by atoms with Crippen molar-refractivity contribution in [3.63, 3.8) is 0 Å². The maximum atomic E-state index is 13.4. The van der Waals surface area contributed by atoms with Gasteiger partial charge in [0.05, 0.1) is 30.3 Å². The number of hydrogen-bond donors (Lipinski definition) is 1. The molecule has 3 heterocycles. The lowest BCUT2D eigenvalue weighted by Crippen LogP contribution is -2.50. The molecule has 1 saturated heterocycles. The van der Waals surface area contributed by atoms with Gasteiger partial charge in [0.1, 0.15) is 5.75 Å². The highest BCUT2D eigenvalue weighted by atomic mass is 35.5. The van der Waals surface area contributed by atoms with Gasteiger partial charge in [0.2, 0.25) is 10.0 Å². The van der Waals surface area contributed by atoms with Crippen LogP contribution in [0.3, 0.4) is 0 Å². The first-order chi connectivity index (χ1) is 22.1. The van der Waals surface area contributed by atoms with Crippen LogP contribution >= 0.6 is 11.6 Å². The Hall–Kier alpha value is -3.08. The van der Waals surface area contributed by atoms with Gasteiger partial charge in [-0.05, 0) is 105 Å². The predicted molar refractivity (Wildman–Crippen MR) is 175 cm³/mol. The Bertz CT molecular complexity index is 1660. The minimum Gasteiger partial charge on any atom is -0.490 e. The lowest BCUT2D eigenvalue weighted by Gasteiger charge is -2.46. The number of sulfonamides is 1. The summed E-state index contributed by atoms with van der Waals surface area (Å²) in [7, 11) is -3.92. The molecule has 6 atom stereocenters. The Morgan fingerprint density at radius 1 is 1.07 bits per heavy atom. The predicted octanol–water partition coefficient (Wildman–Crippen LogP) is 5.34. The number of allylic oxidation sites excluding steroid dienone is 1. The normalized spacial score (nSPS) is 33.0. The number of nitrogens with one attached hydrogen (secondary N) is 1. The summed E-state index contributed by atoms with van der Waals surface area (Å²) in [6.07, 6.45) is 9.32. The standard InChI is InChI=1S/C35H41ClN2O7S/c1-22-5-2-3-7-30(45-32-14-16-43-34(32)40)27-11-8-25(27)19-38-20-35(15-4-6-23-17-26(36)10-12-28(23)35)21-44-31-13-9-24(18-29(31)38)33(39)37-46(22,41)42/h3,7,9-10,12-13,17-18,22,25,27,30,32H,2,4-6,8,11,14-16,19-21H2,1H3,(H,37,39)/b7-3-/t22-,25+,27-,30+,32+,35+/m1/s1. The van der Waals surface area contributed by atoms with Crippen LogP contribution in [0.1, 0.15) is 73.4 Å². The molecule has 2 aromatic rings. The van der Waals surface area contributed by atoms with Crippen LogP contribution in [-0.2, 0) is 36.1 Å². The molecular formula is C35H41ClN2O7S. The molecule has 1 saturated carbocycles. The third kappa shape index (κ3) is 6.04. The average Bonchev–Trinajstić information content (AvgIpc) is 3.35. The van der Waals surface area contributed by atoms with Gasteiger partial charge in [-0.1, -0.05) is 29.8 Å². The van der Waals surface area contributed by atoms with Crippen LogP contribution in [0, 0.1) is 11.8 Å². The van der Waals surface area contributed by atoms with Gasteiger partial charge in [0.15, 0.2) is 6.10 Å². The van der Waals surface area contributed by atoms with E-state index >= 15 is 0 Å². The molecule has 1 amide bonds. The summed E-state index contributed by atoms with van der Waals surface area (Å²) in [5.41, 5.74) is 3.25. The molecule has 2 bridgehead atoms. The number of nitrogens with zero attached hydrogens (tertiary/aromatic N) is 1. The number of esters is 1. The second-order valence-corrected chi connectivity index (χ2v) is 16.2. The topological polar surface area (TPSA) is 111 Å². The maximum Gasteiger partial charge on any atom is 0.335 e. The van der Waals surface area contributed by atoms with Gasteiger partial charge in [0, 0.05) is 35.5 Å². The van der Waals surface area contributed by atoms with Crippen molar-refractivity contribution in [3.05, 3.63) is 70.3 Å². The first kappa shape index (κ1) is 31.5. The number of ether oxygens (including phenoxy) is 3. The SMILES string of the molecule is C[C@@H]1CC/C=C\[C@H](O[C@H]2CCOC2=O)[C@@H]2CC[C@H]2CN2C[C@@]3(CCCc4cc(Cl)ccc43)COc3ccc(cc32)C(=O)NS1(=O)=O. The molecular weight excluding hydrogens is 628 g/mol. The molecule has 46 heavy (non-hydrogen) atoms. The number of carbonyl (C=O) groups is 2. The van der Waals surface area contributed by atoms with Crippen molar-refractivity contribution in [2.45, 2.75) is 81.2 Å². The van der Waals surface area contributed by atoms with E-state index in [0.717, 1.165) is 42.8 Å². The Morgan fingerprint density at radius 3 is 2.72 bits per heavy atom. The Labute approximate surface area is 275 Å². The van der Waals surface area contributed by atoms with Crippen molar-refractivity contribution < 1.29 is 32.2 Å². The maximum absolute atomic E-state index is 13.4. The number of aryl methyl sites for hydroxylation is 1. The summed E-state index contributed by atoms with van der Waals surface area (Å²) in [5, 5.41) is -0.0591. The zero-order valence-corrected chi connectivity index (χ0v) is 27.7. The zero-order valence-electron chi connectivity index (χ0n) is 26.1. The number of rotatable bonds is 2. The third-order valence-corrected chi connectivity index (χ3v) is 12.7. The quantitative estimate of drug-likeness (QED) is 0.338. The summed E-state index contributed by atoms with van der Waals surface area (Å²) < 4.78 is 46.8. The van der Waals surface area contributed by atoms with Crippen LogP contribution in [0.2, 0.25) is 5.02 Å². The van der Waals surface area contributed by atoms with Crippen molar-refractivity contribution in [2.75, 3.05) is 31.2 Å². The molecule has 1 N–H and O–H groups in total. The summed E-state index contributed by atoms with van der Waals surface area (Å²) in [6, 6.07) is 11.4. The Balaban J connectivity index is 1.28. The van der Waals surface area contributed by atoms with Gasteiger partial charge >= 0.3 is 5.97 Å². The Kier molecular flexibility index (Phi) is 8.57. The van der Waals surface area contributed by atoms with E-state index in [1.807, 2.05) is 18.2 Å². The van der Waals surface area contributed by atoms with E-state index in [2.05, 4.69) is 21.8 Å². The highest BCUT2D eigenvalue weighted by Crippen LogP contribution is 2.47. The molecule has 7 rings (SSSR count). The van der Waals surface area contributed by atoms with Gasteiger partial charge in [0.25, 0.3) is 5.91 Å². The number of hydrogen-bond acceptors (Lipinski definition) is 8. The van der Waals surface area contributed by atoms with E-state index < -0.39 is 27.3 Å². The number of fused-ring (bicyclic) bond motifs is 4. The molecule has 3 aliphatic heterocycles. The van der Waals surface area contributed by atoms with Crippen LogP contribution in [0.15, 0.2) is 48.6 Å². The van der Waals surface area contributed by atoms with Crippen molar-refractivity contribution in [2.24, 2.45) is 11.8 Å². The van der Waals surface area contributed by atoms with Crippen LogP contribution in [-0.4, -0.2) is 64.1 Å². The number of amides is 1. The van der Waals surface area contributed by atoms with E-state index in [9.17, 15) is 18.0 Å². The lowest BCUT2D eigenvalue weighted by molar-refractivity contribution is -0.152. The fourth-order valence-electron chi connectivity index (χ4n) is 7.88. The third-order valence-electron chi connectivity index (χ3n) is 10.7. The van der Waals surface area contributed by atoms with Gasteiger partial charge in [-0.15, -0.1) is 0 Å². The van der Waals surface area contributed by atoms with Crippen molar-refractivity contribution in [1.29, 1.82) is 0 Å². The molecule has 5 aliphatic rings. The van der Waals surface area contributed by atoms with E-state index in [1.165, 1.54) is 11.1 Å². The van der Waals surface area contributed by atoms with E-state index in [0.29, 0.717) is 51.3 Å². The van der Waals surface area contributed by atoms with Crippen molar-refractivity contribution in [3.8, 4) is 5.75 Å². The van der Waals surface area contributed by atoms with Crippen LogP contribution in [0.5, 0.6) is 5.75 Å². The van der Waals surface area contributed by atoms with Gasteiger partial charge < -0.3 is 19.1 Å². The highest BCUT2D eigenvalue weighted by molar-refractivity contribution is 7.90. The molecule has 0 unspecified atom stereocenters. The fraction of sp³-hybridized carbons (Fsp3) is 0.543. The van der Waals surface area contributed by atoms with E-state index in [1.54, 1.807) is 25.1 Å². The molecule has 11 heteroatoms. The summed E-state index contributed by atoms with van der Waals surface area (Å²) >= 11 is 6.42. The second-order valence-electron chi connectivity index (χ2n) is 13.6. The molecule has 2 aromatic carbocycles. The van der Waals surface area contributed by atoms with E-state index in [4.69, 9.17) is 25.8 Å². The number of benzene rings is 2. The Morgan fingerprint density at radius 2 is 1.93 bits per heavy atom. The fourth-order valence-corrected chi connectivity index (χ4v) is 9.10. The number of carbonyl (C=O) groups excluding carboxylic acids is 2. The smallest absolute Gasteiger partial charge is 0.335 e. The lowest BCUT2D eigenvalue weighted by atomic mass is 9.68. The van der Waals surface area contributed by atoms with E-state index in [-0.39, 0.29) is 34.9 Å². The number of halogens is 1. The van der Waals surface area contributed by atoms with Crippen LogP contribution in [0.4, 0.5) is 5.69 Å².